The van der Waals surface area contributed by atoms with Crippen molar-refractivity contribution in [2.45, 2.75) is 32.9 Å². The van der Waals surface area contributed by atoms with Crippen molar-refractivity contribution in [2.24, 2.45) is 0 Å². The number of ether oxygens (including phenoxy) is 1. The van der Waals surface area contributed by atoms with Crippen LogP contribution in [0.2, 0.25) is 0 Å². The molecule has 2 aromatic rings. The first-order valence-corrected chi connectivity index (χ1v) is 7.17. The molecule has 5 heteroatoms. The number of rotatable bonds is 7. The Labute approximate surface area is 124 Å². The zero-order chi connectivity index (χ0) is 15.1. The van der Waals surface area contributed by atoms with Gasteiger partial charge in [-0.2, -0.15) is 5.10 Å². The standard InChI is InChI=1S/C16H21N3O2/c1-13(2)21-15-7-5-14(6-8-15)16(20)17-9-3-11-19-12-4-10-18-19/h4-8,10,12-13H,3,9,11H2,1-2H3,(H,17,20). The third-order valence-corrected chi connectivity index (χ3v) is 2.90. The van der Waals surface area contributed by atoms with Gasteiger partial charge in [-0.05, 0) is 50.6 Å². The number of hydrogen-bond donors (Lipinski definition) is 1. The molecule has 0 bridgehead atoms. The highest BCUT2D eigenvalue weighted by Gasteiger charge is 2.05. The molecule has 1 N–H and O–H groups in total. The number of carbonyl (C=O) groups is 1. The fraction of sp³-hybridized carbons (Fsp3) is 0.375. The number of nitrogens with one attached hydrogen (secondary N) is 1. The molecule has 1 aromatic carbocycles. The molecule has 0 radical (unpaired) electrons. The highest BCUT2D eigenvalue weighted by atomic mass is 16.5. The summed E-state index contributed by atoms with van der Waals surface area (Å²) in [6.45, 7) is 5.37. The number of hydrogen-bond acceptors (Lipinski definition) is 3. The Morgan fingerprint density at radius 1 is 1.33 bits per heavy atom. The van der Waals surface area contributed by atoms with Crippen molar-refractivity contribution in [3.05, 3.63) is 48.3 Å². The van der Waals surface area contributed by atoms with E-state index >= 15 is 0 Å². The van der Waals surface area contributed by atoms with Gasteiger partial charge in [-0.25, -0.2) is 0 Å². The summed E-state index contributed by atoms with van der Waals surface area (Å²) < 4.78 is 7.40. The second kappa shape index (κ2) is 7.47. The lowest BCUT2D eigenvalue weighted by Gasteiger charge is -2.10. The smallest absolute Gasteiger partial charge is 0.251 e. The molecule has 0 saturated carbocycles. The molecule has 21 heavy (non-hydrogen) atoms. The van der Waals surface area contributed by atoms with Crippen LogP contribution in [0.4, 0.5) is 0 Å². The molecule has 0 saturated heterocycles. The van der Waals surface area contributed by atoms with Crippen LogP contribution in [0, 0.1) is 0 Å². The summed E-state index contributed by atoms with van der Waals surface area (Å²) in [6, 6.07) is 9.08. The average molecular weight is 287 g/mol. The van der Waals surface area contributed by atoms with Gasteiger partial charge in [0.25, 0.3) is 5.91 Å². The van der Waals surface area contributed by atoms with Crippen molar-refractivity contribution in [1.29, 1.82) is 0 Å². The van der Waals surface area contributed by atoms with Crippen LogP contribution in [0.15, 0.2) is 42.7 Å². The van der Waals surface area contributed by atoms with Gasteiger partial charge < -0.3 is 10.1 Å². The lowest BCUT2D eigenvalue weighted by atomic mass is 10.2. The van der Waals surface area contributed by atoms with Crippen LogP contribution < -0.4 is 10.1 Å². The normalized spacial score (nSPS) is 10.6. The third kappa shape index (κ3) is 4.95. The molecule has 0 aliphatic carbocycles. The maximum atomic E-state index is 12.0. The molecule has 5 nitrogen and oxygen atoms in total. The quantitative estimate of drug-likeness (QED) is 0.796. The Bertz CT molecular complexity index is 547. The van der Waals surface area contributed by atoms with E-state index in [2.05, 4.69) is 10.4 Å². The lowest BCUT2D eigenvalue weighted by Crippen LogP contribution is -2.25. The van der Waals surface area contributed by atoms with Crippen LogP contribution in [0.3, 0.4) is 0 Å². The summed E-state index contributed by atoms with van der Waals surface area (Å²) in [5.74, 6) is 0.715. The van der Waals surface area contributed by atoms with E-state index in [0.717, 1.165) is 18.7 Å². The Hall–Kier alpha value is -2.30. The van der Waals surface area contributed by atoms with Gasteiger partial charge in [-0.3, -0.25) is 9.48 Å². The molecule has 1 aromatic heterocycles. The van der Waals surface area contributed by atoms with Crippen molar-refractivity contribution in [3.8, 4) is 5.75 Å². The van der Waals surface area contributed by atoms with Crippen LogP contribution in [0.25, 0.3) is 0 Å². The van der Waals surface area contributed by atoms with Gasteiger partial charge in [0.1, 0.15) is 5.75 Å². The van der Waals surface area contributed by atoms with Crippen LogP contribution in [0.1, 0.15) is 30.6 Å². The number of carbonyl (C=O) groups excluding carboxylic acids is 1. The van der Waals surface area contributed by atoms with Crippen LogP contribution in [-0.2, 0) is 6.54 Å². The molecule has 0 unspecified atom stereocenters. The minimum Gasteiger partial charge on any atom is -0.491 e. The molecule has 1 heterocycles. The predicted molar refractivity (Wildman–Crippen MR) is 81.4 cm³/mol. The van der Waals surface area contributed by atoms with Gasteiger partial charge >= 0.3 is 0 Å². The third-order valence-electron chi connectivity index (χ3n) is 2.90. The summed E-state index contributed by atoms with van der Waals surface area (Å²) in [5, 5.41) is 7.02. The van der Waals surface area contributed by atoms with Crippen molar-refractivity contribution in [3.63, 3.8) is 0 Å². The molecule has 0 aliphatic rings. The summed E-state index contributed by atoms with van der Waals surface area (Å²) in [4.78, 5) is 12.0. The van der Waals surface area contributed by atoms with E-state index in [1.165, 1.54) is 0 Å². The molecule has 112 valence electrons. The largest absolute Gasteiger partial charge is 0.491 e. The molecule has 2 rings (SSSR count). The van der Waals surface area contributed by atoms with E-state index in [1.807, 2.05) is 42.9 Å². The molecule has 1 amide bonds. The minimum atomic E-state index is -0.0634. The number of benzene rings is 1. The van der Waals surface area contributed by atoms with Crippen molar-refractivity contribution >= 4 is 5.91 Å². The zero-order valence-electron chi connectivity index (χ0n) is 12.5. The number of aryl methyl sites for hydroxylation is 1. The van der Waals surface area contributed by atoms with Crippen molar-refractivity contribution in [2.75, 3.05) is 6.54 Å². The Balaban J connectivity index is 1.75. The Morgan fingerprint density at radius 2 is 2.10 bits per heavy atom. The number of nitrogens with zero attached hydrogens (tertiary/aromatic N) is 2. The first-order valence-electron chi connectivity index (χ1n) is 7.17. The summed E-state index contributed by atoms with van der Waals surface area (Å²) in [6.07, 6.45) is 4.64. The van der Waals surface area contributed by atoms with Gasteiger partial charge in [0.2, 0.25) is 0 Å². The monoisotopic (exact) mass is 287 g/mol. The predicted octanol–water partition coefficient (Wildman–Crippen LogP) is 2.49. The van der Waals surface area contributed by atoms with E-state index in [9.17, 15) is 4.79 Å². The van der Waals surface area contributed by atoms with Crippen molar-refractivity contribution < 1.29 is 9.53 Å². The van der Waals surface area contributed by atoms with Gasteiger partial charge in [0.05, 0.1) is 6.10 Å². The van der Waals surface area contributed by atoms with E-state index in [-0.39, 0.29) is 12.0 Å². The summed E-state index contributed by atoms with van der Waals surface area (Å²) in [5.41, 5.74) is 0.644. The first-order chi connectivity index (χ1) is 10.1. The van der Waals surface area contributed by atoms with E-state index in [1.54, 1.807) is 18.3 Å². The average Bonchev–Trinajstić information content (AvgIpc) is 2.97. The molecule has 0 atom stereocenters. The molecular formula is C16H21N3O2. The molecular weight excluding hydrogens is 266 g/mol. The van der Waals surface area contributed by atoms with Gasteiger partial charge in [0, 0.05) is 31.0 Å². The van der Waals surface area contributed by atoms with Crippen LogP contribution in [-0.4, -0.2) is 28.3 Å². The van der Waals surface area contributed by atoms with Crippen molar-refractivity contribution in [1.82, 2.24) is 15.1 Å². The number of amides is 1. The topological polar surface area (TPSA) is 56.1 Å². The van der Waals surface area contributed by atoms with Gasteiger partial charge in [-0.1, -0.05) is 0 Å². The second-order valence-corrected chi connectivity index (χ2v) is 5.07. The second-order valence-electron chi connectivity index (χ2n) is 5.07. The minimum absolute atomic E-state index is 0.0634. The highest BCUT2D eigenvalue weighted by molar-refractivity contribution is 5.94. The highest BCUT2D eigenvalue weighted by Crippen LogP contribution is 2.13. The lowest BCUT2D eigenvalue weighted by molar-refractivity contribution is 0.0952. The number of aromatic nitrogens is 2. The molecule has 0 fully saturated rings. The van der Waals surface area contributed by atoms with E-state index < -0.39 is 0 Å². The maximum Gasteiger partial charge on any atom is 0.251 e. The van der Waals surface area contributed by atoms with Gasteiger partial charge in [-0.15, -0.1) is 0 Å². The summed E-state index contributed by atoms with van der Waals surface area (Å²) in [7, 11) is 0. The zero-order valence-corrected chi connectivity index (χ0v) is 12.5. The molecule has 0 spiro atoms. The fourth-order valence-electron chi connectivity index (χ4n) is 1.93. The van der Waals surface area contributed by atoms with Crippen LogP contribution in [0.5, 0.6) is 5.75 Å². The first kappa shape index (κ1) is 15.1. The summed E-state index contributed by atoms with van der Waals surface area (Å²) >= 11 is 0. The van der Waals surface area contributed by atoms with E-state index in [0.29, 0.717) is 12.1 Å². The van der Waals surface area contributed by atoms with Crippen LogP contribution >= 0.6 is 0 Å². The van der Waals surface area contributed by atoms with E-state index in [4.69, 9.17) is 4.74 Å². The Kier molecular flexibility index (Phi) is 5.37. The van der Waals surface area contributed by atoms with Gasteiger partial charge in [0.15, 0.2) is 0 Å². The SMILES string of the molecule is CC(C)Oc1ccc(C(=O)NCCCn2cccn2)cc1. The Morgan fingerprint density at radius 3 is 2.71 bits per heavy atom. The molecule has 0 aliphatic heterocycles. The fourth-order valence-corrected chi connectivity index (χ4v) is 1.93. The maximum absolute atomic E-state index is 12.0.